The van der Waals surface area contributed by atoms with Crippen molar-refractivity contribution in [2.75, 3.05) is 7.11 Å². The van der Waals surface area contributed by atoms with Crippen LogP contribution >= 0.6 is 0 Å². The minimum Gasteiger partial charge on any atom is -0.465 e. The molecule has 0 aliphatic carbocycles. The van der Waals surface area contributed by atoms with Crippen molar-refractivity contribution in [3.63, 3.8) is 0 Å². The highest BCUT2D eigenvalue weighted by molar-refractivity contribution is 5.91. The number of halogens is 3. The van der Waals surface area contributed by atoms with Crippen molar-refractivity contribution >= 4 is 5.97 Å². The number of alkyl halides is 3. The Labute approximate surface area is 115 Å². The summed E-state index contributed by atoms with van der Waals surface area (Å²) < 4.78 is 42.9. The second-order valence-corrected chi connectivity index (χ2v) is 4.55. The fourth-order valence-electron chi connectivity index (χ4n) is 1.79. The van der Waals surface area contributed by atoms with Crippen LogP contribution in [-0.2, 0) is 16.3 Å². The van der Waals surface area contributed by atoms with Gasteiger partial charge in [-0.15, -0.1) is 0 Å². The zero-order chi connectivity index (χ0) is 15.6. The maximum atomic E-state index is 12.8. The van der Waals surface area contributed by atoms with Crippen LogP contribution in [0.4, 0.5) is 13.2 Å². The molecular formula is C14H14F3NO2. The quantitative estimate of drug-likeness (QED) is 0.796. The number of hydrogen-bond acceptors (Lipinski definition) is 3. The third-order valence-electron chi connectivity index (χ3n) is 3.30. The van der Waals surface area contributed by atoms with Crippen LogP contribution in [0, 0.1) is 11.3 Å². The number of hydrogen-bond donors (Lipinski definition) is 0. The molecule has 0 saturated heterocycles. The summed E-state index contributed by atoms with van der Waals surface area (Å²) in [5.41, 5.74) is -2.07. The van der Waals surface area contributed by atoms with Crippen molar-refractivity contribution in [1.82, 2.24) is 0 Å². The molecule has 1 atom stereocenters. The second kappa shape index (κ2) is 5.53. The van der Waals surface area contributed by atoms with E-state index in [-0.39, 0.29) is 17.5 Å². The molecule has 0 fully saturated rings. The molecule has 3 nitrogen and oxygen atoms in total. The van der Waals surface area contributed by atoms with Crippen LogP contribution in [0.15, 0.2) is 18.2 Å². The lowest BCUT2D eigenvalue weighted by atomic mass is 9.78. The van der Waals surface area contributed by atoms with Gasteiger partial charge in [0.15, 0.2) is 0 Å². The molecule has 0 aromatic heterocycles. The van der Waals surface area contributed by atoms with Gasteiger partial charge < -0.3 is 4.74 Å². The Hall–Kier alpha value is -2.03. The van der Waals surface area contributed by atoms with Crippen LogP contribution in [0.1, 0.15) is 41.8 Å². The third kappa shape index (κ3) is 2.93. The lowest BCUT2D eigenvalue weighted by Gasteiger charge is -2.23. The summed E-state index contributed by atoms with van der Waals surface area (Å²) in [5, 5.41) is 9.23. The van der Waals surface area contributed by atoms with E-state index in [1.165, 1.54) is 6.92 Å². The van der Waals surface area contributed by atoms with Gasteiger partial charge in [0, 0.05) is 0 Å². The maximum absolute atomic E-state index is 12.8. The van der Waals surface area contributed by atoms with Crippen LogP contribution in [0.25, 0.3) is 0 Å². The molecular weight excluding hydrogens is 271 g/mol. The molecule has 20 heavy (non-hydrogen) atoms. The monoisotopic (exact) mass is 285 g/mol. The first-order chi connectivity index (χ1) is 9.19. The normalized spacial score (nSPS) is 14.2. The van der Waals surface area contributed by atoms with E-state index in [4.69, 9.17) is 0 Å². The average Bonchev–Trinajstić information content (AvgIpc) is 2.44. The molecule has 0 amide bonds. The van der Waals surface area contributed by atoms with Crippen molar-refractivity contribution in [2.24, 2.45) is 0 Å². The van der Waals surface area contributed by atoms with Gasteiger partial charge in [-0.25, -0.2) is 4.79 Å². The van der Waals surface area contributed by atoms with E-state index in [2.05, 4.69) is 4.74 Å². The lowest BCUT2D eigenvalue weighted by molar-refractivity contribution is -0.137. The van der Waals surface area contributed by atoms with Gasteiger partial charge in [-0.05, 0) is 37.1 Å². The van der Waals surface area contributed by atoms with Crippen molar-refractivity contribution < 1.29 is 22.7 Å². The molecule has 0 spiro atoms. The second-order valence-electron chi connectivity index (χ2n) is 4.55. The van der Waals surface area contributed by atoms with Crippen LogP contribution in [0.3, 0.4) is 0 Å². The molecule has 0 bridgehead atoms. The SMILES string of the molecule is CCC(C)(C#N)c1cc(C(F)(F)F)ccc1C(=O)OC. The average molecular weight is 285 g/mol. The van der Waals surface area contributed by atoms with Gasteiger partial charge in [-0.2, -0.15) is 18.4 Å². The zero-order valence-electron chi connectivity index (χ0n) is 11.3. The summed E-state index contributed by atoms with van der Waals surface area (Å²) >= 11 is 0. The van der Waals surface area contributed by atoms with Gasteiger partial charge in [0.2, 0.25) is 0 Å². The number of carbonyl (C=O) groups excluding carboxylic acids is 1. The predicted octanol–water partition coefficient (Wildman–Crippen LogP) is 3.68. The van der Waals surface area contributed by atoms with Crippen molar-refractivity contribution in [2.45, 2.75) is 31.9 Å². The Morgan fingerprint density at radius 2 is 2.00 bits per heavy atom. The van der Waals surface area contributed by atoms with Gasteiger partial charge in [0.05, 0.1) is 29.7 Å². The number of methoxy groups -OCH3 is 1. The Kier molecular flexibility index (Phi) is 4.43. The predicted molar refractivity (Wildman–Crippen MR) is 66.0 cm³/mol. The fourth-order valence-corrected chi connectivity index (χ4v) is 1.79. The first-order valence-corrected chi connectivity index (χ1v) is 5.91. The number of nitrogens with zero attached hydrogens (tertiary/aromatic N) is 1. The van der Waals surface area contributed by atoms with Crippen LogP contribution < -0.4 is 0 Å². The van der Waals surface area contributed by atoms with E-state index >= 15 is 0 Å². The summed E-state index contributed by atoms with van der Waals surface area (Å²) in [6, 6.07) is 4.67. The molecule has 0 saturated carbocycles. The third-order valence-corrected chi connectivity index (χ3v) is 3.30. The number of ether oxygens (including phenoxy) is 1. The van der Waals surface area contributed by atoms with E-state index in [0.717, 1.165) is 25.3 Å². The van der Waals surface area contributed by atoms with Crippen LogP contribution in [0.5, 0.6) is 0 Å². The van der Waals surface area contributed by atoms with Gasteiger partial charge in [-0.3, -0.25) is 0 Å². The summed E-state index contributed by atoms with van der Waals surface area (Å²) in [7, 11) is 1.14. The Balaban J connectivity index is 3.58. The van der Waals surface area contributed by atoms with E-state index in [0.29, 0.717) is 0 Å². The minimum absolute atomic E-state index is 0.0219. The Morgan fingerprint density at radius 1 is 1.40 bits per heavy atom. The molecule has 1 unspecified atom stereocenters. The topological polar surface area (TPSA) is 50.1 Å². The van der Waals surface area contributed by atoms with Crippen molar-refractivity contribution in [3.05, 3.63) is 34.9 Å². The van der Waals surface area contributed by atoms with E-state index in [9.17, 15) is 23.2 Å². The summed E-state index contributed by atoms with van der Waals surface area (Å²) in [6.07, 6.45) is -4.26. The van der Waals surface area contributed by atoms with Crippen LogP contribution in [-0.4, -0.2) is 13.1 Å². The van der Waals surface area contributed by atoms with Gasteiger partial charge in [0.25, 0.3) is 0 Å². The smallest absolute Gasteiger partial charge is 0.416 e. The maximum Gasteiger partial charge on any atom is 0.416 e. The van der Waals surface area contributed by atoms with Crippen molar-refractivity contribution in [1.29, 1.82) is 5.26 Å². The zero-order valence-corrected chi connectivity index (χ0v) is 11.3. The largest absolute Gasteiger partial charge is 0.465 e. The fraction of sp³-hybridized carbons (Fsp3) is 0.429. The van der Waals surface area contributed by atoms with Gasteiger partial charge >= 0.3 is 12.1 Å². The summed E-state index contributed by atoms with van der Waals surface area (Å²) in [6.45, 7) is 3.17. The number of esters is 1. The van der Waals surface area contributed by atoms with Crippen LogP contribution in [0.2, 0.25) is 0 Å². The molecule has 1 aromatic rings. The molecule has 1 aromatic carbocycles. The molecule has 6 heteroatoms. The number of carbonyl (C=O) groups is 1. The highest BCUT2D eigenvalue weighted by atomic mass is 19.4. The Bertz CT molecular complexity index is 561. The number of rotatable bonds is 3. The molecule has 0 N–H and O–H groups in total. The highest BCUT2D eigenvalue weighted by Crippen LogP contribution is 2.36. The van der Waals surface area contributed by atoms with Crippen molar-refractivity contribution in [3.8, 4) is 6.07 Å². The first-order valence-electron chi connectivity index (χ1n) is 5.91. The van der Waals surface area contributed by atoms with E-state index in [1.54, 1.807) is 6.92 Å². The van der Waals surface area contributed by atoms with Gasteiger partial charge in [0.1, 0.15) is 0 Å². The van der Waals surface area contributed by atoms with E-state index < -0.39 is 23.1 Å². The van der Waals surface area contributed by atoms with Gasteiger partial charge in [-0.1, -0.05) is 6.92 Å². The standard InChI is InChI=1S/C14H14F3NO2/c1-4-13(2,8-18)11-7-9(14(15,16)17)5-6-10(11)12(19)20-3/h5-7H,4H2,1-3H3. The number of benzene rings is 1. The number of nitriles is 1. The molecule has 0 aliphatic rings. The minimum atomic E-state index is -4.53. The van der Waals surface area contributed by atoms with E-state index in [1.807, 2.05) is 6.07 Å². The molecule has 108 valence electrons. The molecule has 1 rings (SSSR count). The lowest BCUT2D eigenvalue weighted by Crippen LogP contribution is -2.23. The first kappa shape index (κ1) is 16.0. The highest BCUT2D eigenvalue weighted by Gasteiger charge is 2.35. The molecule has 0 aliphatic heterocycles. The molecule has 0 radical (unpaired) electrons. The Morgan fingerprint density at radius 3 is 2.40 bits per heavy atom. The summed E-state index contributed by atoms with van der Waals surface area (Å²) in [5.74, 6) is -0.761. The molecule has 0 heterocycles. The summed E-state index contributed by atoms with van der Waals surface area (Å²) in [4.78, 5) is 11.7.